The fourth-order valence-electron chi connectivity index (χ4n) is 4.29. The largest absolute Gasteiger partial charge is 0.478 e. The maximum Gasteiger partial charge on any atom is 0.410 e. The van der Waals surface area contributed by atoms with Crippen LogP contribution in [0.1, 0.15) is 48.5 Å². The first kappa shape index (κ1) is 21.3. The van der Waals surface area contributed by atoms with Crippen LogP contribution < -0.4 is 0 Å². The first-order chi connectivity index (χ1) is 15.9. The number of carboxylic acids is 1. The highest BCUT2D eigenvalue weighted by atomic mass is 19.1. The van der Waals surface area contributed by atoms with Gasteiger partial charge in [0.15, 0.2) is 0 Å². The van der Waals surface area contributed by atoms with Crippen molar-refractivity contribution in [2.24, 2.45) is 0 Å². The summed E-state index contributed by atoms with van der Waals surface area (Å²) in [5, 5.41) is 14.1. The molecule has 3 aromatic rings. The lowest BCUT2D eigenvalue weighted by Crippen LogP contribution is -2.41. The van der Waals surface area contributed by atoms with Crippen molar-refractivity contribution >= 4 is 23.0 Å². The number of carbonyl (C=O) groups is 2. The van der Waals surface area contributed by atoms with E-state index in [9.17, 15) is 18.4 Å². The second-order valence-corrected chi connectivity index (χ2v) is 8.49. The number of fused-ring (bicyclic) bond motifs is 1. The lowest BCUT2D eigenvalue weighted by Gasteiger charge is -2.34. The van der Waals surface area contributed by atoms with Crippen LogP contribution in [-0.2, 0) is 4.74 Å². The van der Waals surface area contributed by atoms with E-state index in [0.29, 0.717) is 24.5 Å². The van der Waals surface area contributed by atoms with Gasteiger partial charge in [-0.15, -0.1) is 0 Å². The minimum atomic E-state index is -1.54. The van der Waals surface area contributed by atoms with E-state index in [0.717, 1.165) is 43.7 Å². The zero-order chi connectivity index (χ0) is 23.1. The molecule has 1 saturated heterocycles. The number of likely N-dealkylation sites (tertiary alicyclic amines) is 1. The third kappa shape index (κ3) is 4.01. The van der Waals surface area contributed by atoms with Gasteiger partial charge in [0, 0.05) is 24.0 Å². The molecule has 0 spiro atoms. The second kappa shape index (κ2) is 8.42. The number of benzene rings is 1. The first-order valence-corrected chi connectivity index (χ1v) is 10.9. The molecule has 1 aromatic carbocycles. The Hall–Kier alpha value is -3.56. The summed E-state index contributed by atoms with van der Waals surface area (Å²) in [5.41, 5.74) is 0.0831. The highest BCUT2D eigenvalue weighted by Gasteiger charge is 2.29. The summed E-state index contributed by atoms with van der Waals surface area (Å²) in [6.07, 6.45) is 7.42. The summed E-state index contributed by atoms with van der Waals surface area (Å²) < 4.78 is 35.9. The van der Waals surface area contributed by atoms with Crippen molar-refractivity contribution in [3.63, 3.8) is 0 Å². The number of aromatic carboxylic acids is 1. The molecule has 1 amide bonds. The Morgan fingerprint density at radius 2 is 1.79 bits per heavy atom. The van der Waals surface area contributed by atoms with E-state index in [1.807, 2.05) is 4.68 Å². The number of pyridine rings is 1. The van der Waals surface area contributed by atoms with Gasteiger partial charge in [-0.25, -0.2) is 18.4 Å². The van der Waals surface area contributed by atoms with Crippen molar-refractivity contribution in [1.82, 2.24) is 19.7 Å². The summed E-state index contributed by atoms with van der Waals surface area (Å²) in [5.74, 6) is -3.43. The van der Waals surface area contributed by atoms with Crippen LogP contribution in [-0.4, -0.2) is 56.0 Å². The SMILES string of the molecule is O=C(O)c1cc(F)c(-c2cc3cnn(C4CCN(C(=O)OC5CCC5)CC4)c3cn2)cc1F. The maximum absolute atomic E-state index is 14.4. The maximum atomic E-state index is 14.4. The minimum absolute atomic E-state index is 0.0594. The zero-order valence-corrected chi connectivity index (χ0v) is 17.7. The highest BCUT2D eigenvalue weighted by Crippen LogP contribution is 2.30. The third-order valence-electron chi connectivity index (χ3n) is 6.43. The Labute approximate surface area is 187 Å². The molecule has 1 saturated carbocycles. The Bertz CT molecular complexity index is 1230. The van der Waals surface area contributed by atoms with Crippen molar-refractivity contribution in [3.8, 4) is 11.3 Å². The molecule has 0 unspecified atom stereocenters. The molecule has 172 valence electrons. The number of carbonyl (C=O) groups excluding carboxylic acids is 1. The molecule has 2 aromatic heterocycles. The first-order valence-electron chi connectivity index (χ1n) is 10.9. The van der Waals surface area contributed by atoms with E-state index in [-0.39, 0.29) is 29.5 Å². The van der Waals surface area contributed by atoms with E-state index in [2.05, 4.69) is 10.1 Å². The van der Waals surface area contributed by atoms with Crippen LogP contribution in [0.25, 0.3) is 22.2 Å². The summed E-state index contributed by atoms with van der Waals surface area (Å²) in [7, 11) is 0. The number of amides is 1. The van der Waals surface area contributed by atoms with Gasteiger partial charge in [-0.1, -0.05) is 0 Å². The van der Waals surface area contributed by atoms with Crippen LogP contribution in [0.5, 0.6) is 0 Å². The lowest BCUT2D eigenvalue weighted by atomic mass is 9.96. The van der Waals surface area contributed by atoms with E-state index < -0.39 is 23.2 Å². The standard InChI is InChI=1S/C23H22F2N4O4/c24-18-10-17(22(30)31)19(25)9-16(18)20-8-13-11-27-29(21(13)12-26-20)14-4-6-28(7-5-14)23(32)33-15-2-1-3-15/h8-12,14-15H,1-7H2,(H,30,31). The Morgan fingerprint density at radius 3 is 2.45 bits per heavy atom. The molecule has 0 radical (unpaired) electrons. The fraction of sp³-hybridized carbons (Fsp3) is 0.391. The molecule has 2 aliphatic rings. The molecule has 3 heterocycles. The molecule has 1 aliphatic carbocycles. The molecule has 33 heavy (non-hydrogen) atoms. The monoisotopic (exact) mass is 456 g/mol. The molecular formula is C23H22F2N4O4. The topological polar surface area (TPSA) is 97.6 Å². The molecular weight excluding hydrogens is 434 g/mol. The van der Waals surface area contributed by atoms with Crippen LogP contribution in [0.3, 0.4) is 0 Å². The van der Waals surface area contributed by atoms with Gasteiger partial charge in [0.25, 0.3) is 0 Å². The fourth-order valence-corrected chi connectivity index (χ4v) is 4.29. The molecule has 5 rings (SSSR count). The summed E-state index contributed by atoms with van der Waals surface area (Å²) in [6, 6.07) is 3.18. The number of nitrogens with zero attached hydrogens (tertiary/aromatic N) is 4. The normalized spacial score (nSPS) is 17.2. The van der Waals surface area contributed by atoms with E-state index in [1.165, 1.54) is 0 Å². The Balaban J connectivity index is 1.33. The third-order valence-corrected chi connectivity index (χ3v) is 6.43. The Morgan fingerprint density at radius 1 is 1.03 bits per heavy atom. The van der Waals surface area contributed by atoms with Crippen LogP contribution in [0.2, 0.25) is 0 Å². The van der Waals surface area contributed by atoms with Gasteiger partial charge in [-0.05, 0) is 50.3 Å². The average molecular weight is 456 g/mol. The van der Waals surface area contributed by atoms with Crippen LogP contribution in [0, 0.1) is 11.6 Å². The van der Waals surface area contributed by atoms with Crippen molar-refractivity contribution in [3.05, 3.63) is 47.8 Å². The van der Waals surface area contributed by atoms with Gasteiger partial charge in [-0.2, -0.15) is 5.10 Å². The van der Waals surface area contributed by atoms with Gasteiger partial charge in [0.1, 0.15) is 17.7 Å². The van der Waals surface area contributed by atoms with Gasteiger partial charge < -0.3 is 14.7 Å². The van der Waals surface area contributed by atoms with E-state index >= 15 is 0 Å². The number of ether oxygens (including phenoxy) is 1. The number of aromatic nitrogens is 3. The van der Waals surface area contributed by atoms with Crippen molar-refractivity contribution in [1.29, 1.82) is 0 Å². The quantitative estimate of drug-likeness (QED) is 0.625. The zero-order valence-electron chi connectivity index (χ0n) is 17.7. The number of hydrogen-bond acceptors (Lipinski definition) is 5. The van der Waals surface area contributed by atoms with Gasteiger partial charge in [-0.3, -0.25) is 9.67 Å². The smallest absolute Gasteiger partial charge is 0.410 e. The number of hydrogen-bond donors (Lipinski definition) is 1. The van der Waals surface area contributed by atoms with Crippen LogP contribution in [0.15, 0.2) is 30.6 Å². The summed E-state index contributed by atoms with van der Waals surface area (Å²) >= 11 is 0. The molecule has 2 fully saturated rings. The van der Waals surface area contributed by atoms with Crippen LogP contribution >= 0.6 is 0 Å². The van der Waals surface area contributed by atoms with Crippen LogP contribution in [0.4, 0.5) is 13.6 Å². The van der Waals surface area contributed by atoms with Gasteiger partial charge in [0.05, 0.1) is 35.2 Å². The van der Waals surface area contributed by atoms with E-state index in [1.54, 1.807) is 23.4 Å². The van der Waals surface area contributed by atoms with Gasteiger partial charge in [0.2, 0.25) is 0 Å². The van der Waals surface area contributed by atoms with Crippen molar-refractivity contribution < 1.29 is 28.2 Å². The molecule has 0 bridgehead atoms. The number of halogens is 2. The average Bonchev–Trinajstić information content (AvgIpc) is 3.20. The molecule has 10 heteroatoms. The Kier molecular flexibility index (Phi) is 5.43. The highest BCUT2D eigenvalue weighted by molar-refractivity contribution is 5.89. The molecule has 1 N–H and O–H groups in total. The van der Waals surface area contributed by atoms with E-state index in [4.69, 9.17) is 9.84 Å². The number of rotatable bonds is 4. The molecule has 0 atom stereocenters. The predicted molar refractivity (Wildman–Crippen MR) is 114 cm³/mol. The lowest BCUT2D eigenvalue weighted by molar-refractivity contribution is 0.0207. The summed E-state index contributed by atoms with van der Waals surface area (Å²) in [4.78, 5) is 29.3. The minimum Gasteiger partial charge on any atom is -0.478 e. The van der Waals surface area contributed by atoms with Crippen molar-refractivity contribution in [2.75, 3.05) is 13.1 Å². The number of piperidine rings is 1. The van der Waals surface area contributed by atoms with Gasteiger partial charge >= 0.3 is 12.1 Å². The number of carboxylic acid groups (broad SMARTS) is 1. The van der Waals surface area contributed by atoms with Crippen molar-refractivity contribution in [2.45, 2.75) is 44.2 Å². The predicted octanol–water partition coefficient (Wildman–Crippen LogP) is 4.40. The molecule has 1 aliphatic heterocycles. The summed E-state index contributed by atoms with van der Waals surface area (Å²) in [6.45, 7) is 1.15. The second-order valence-electron chi connectivity index (χ2n) is 8.49. The molecule has 8 nitrogen and oxygen atoms in total.